The van der Waals surface area contributed by atoms with E-state index in [9.17, 15) is 8.42 Å². The molecule has 1 aliphatic rings. The van der Waals surface area contributed by atoms with E-state index in [0.29, 0.717) is 37.8 Å². The van der Waals surface area contributed by atoms with Crippen molar-refractivity contribution in [3.8, 4) is 11.3 Å². The van der Waals surface area contributed by atoms with Crippen LogP contribution in [-0.2, 0) is 10.0 Å². The van der Waals surface area contributed by atoms with Gasteiger partial charge in [0.05, 0.1) is 4.90 Å². The minimum absolute atomic E-state index is 0.276. The Kier molecular flexibility index (Phi) is 6.43. The second-order valence-corrected chi connectivity index (χ2v) is 9.53. The molecule has 2 aromatic heterocycles. The van der Waals surface area contributed by atoms with Crippen molar-refractivity contribution in [2.45, 2.75) is 25.7 Å². The van der Waals surface area contributed by atoms with Crippen LogP contribution in [0.25, 0.3) is 11.3 Å². The van der Waals surface area contributed by atoms with E-state index in [0.717, 1.165) is 30.3 Å². The molecule has 10 heteroatoms. The summed E-state index contributed by atoms with van der Waals surface area (Å²) < 4.78 is 33.0. The Balaban J connectivity index is 1.41. The van der Waals surface area contributed by atoms with E-state index in [1.54, 1.807) is 37.5 Å². The summed E-state index contributed by atoms with van der Waals surface area (Å²) in [5.74, 6) is 2.19. The number of aromatic nitrogens is 3. The van der Waals surface area contributed by atoms with Crippen LogP contribution in [0, 0.1) is 6.92 Å². The molecule has 0 atom stereocenters. The topological polar surface area (TPSA) is 95.7 Å². The summed E-state index contributed by atoms with van der Waals surface area (Å²) in [4.78, 5) is 8.76. The molecule has 0 aliphatic carbocycles. The fourth-order valence-corrected chi connectivity index (χ4v) is 5.23. The molecule has 4 rings (SSSR count). The Morgan fingerprint density at radius 1 is 0.969 bits per heavy atom. The fourth-order valence-electron chi connectivity index (χ4n) is 3.80. The van der Waals surface area contributed by atoms with Gasteiger partial charge in [-0.3, -0.25) is 0 Å². The third kappa shape index (κ3) is 4.46. The molecule has 1 saturated heterocycles. The Morgan fingerprint density at radius 3 is 2.19 bits per heavy atom. The Bertz CT molecular complexity index is 1130. The minimum Gasteiger partial charge on any atom is -0.449 e. The van der Waals surface area contributed by atoms with E-state index in [2.05, 4.69) is 38.8 Å². The number of oxazole rings is 1. The van der Waals surface area contributed by atoms with Crippen LogP contribution in [0.2, 0.25) is 0 Å². The fraction of sp³-hybridized carbons (Fsp3) is 0.409. The lowest BCUT2D eigenvalue weighted by Gasteiger charge is -2.34. The predicted octanol–water partition coefficient (Wildman–Crippen LogP) is 2.80. The van der Waals surface area contributed by atoms with Gasteiger partial charge in [-0.15, -0.1) is 10.2 Å². The van der Waals surface area contributed by atoms with Crippen molar-refractivity contribution in [1.29, 1.82) is 0 Å². The zero-order valence-electron chi connectivity index (χ0n) is 18.6. The number of piperazine rings is 1. The molecule has 0 unspecified atom stereocenters. The van der Waals surface area contributed by atoms with Crippen LogP contribution in [0.4, 0.5) is 11.6 Å². The van der Waals surface area contributed by atoms with Crippen LogP contribution in [0.5, 0.6) is 0 Å². The van der Waals surface area contributed by atoms with E-state index in [1.165, 1.54) is 4.31 Å². The summed E-state index contributed by atoms with van der Waals surface area (Å²) >= 11 is 0. The van der Waals surface area contributed by atoms with Crippen molar-refractivity contribution < 1.29 is 12.8 Å². The minimum atomic E-state index is -3.57. The smallest absolute Gasteiger partial charge is 0.243 e. The van der Waals surface area contributed by atoms with Crippen molar-refractivity contribution in [1.82, 2.24) is 19.5 Å². The van der Waals surface area contributed by atoms with Crippen molar-refractivity contribution in [2.75, 3.05) is 49.1 Å². The SMILES string of the molecule is CCN(CC)c1ccc(N2CCN(S(=O)(=O)c3ccc(-c4coc(C)n4)cc3)CC2)nn1. The van der Waals surface area contributed by atoms with E-state index in [4.69, 9.17) is 4.42 Å². The molecule has 0 radical (unpaired) electrons. The summed E-state index contributed by atoms with van der Waals surface area (Å²) in [5, 5.41) is 8.69. The Hall–Kier alpha value is -2.98. The summed E-state index contributed by atoms with van der Waals surface area (Å²) in [6, 6.07) is 10.7. The first-order valence-corrected chi connectivity index (χ1v) is 12.2. The number of benzene rings is 1. The molecule has 0 bridgehead atoms. The summed E-state index contributed by atoms with van der Waals surface area (Å²) in [6.45, 7) is 9.61. The van der Waals surface area contributed by atoms with E-state index in [1.807, 2.05) is 12.1 Å². The predicted molar refractivity (Wildman–Crippen MR) is 123 cm³/mol. The number of sulfonamides is 1. The summed E-state index contributed by atoms with van der Waals surface area (Å²) in [5.41, 5.74) is 1.51. The number of aryl methyl sites for hydroxylation is 1. The molecule has 1 aliphatic heterocycles. The average Bonchev–Trinajstić information content (AvgIpc) is 3.27. The van der Waals surface area contributed by atoms with Gasteiger partial charge in [0.2, 0.25) is 10.0 Å². The highest BCUT2D eigenvalue weighted by molar-refractivity contribution is 7.89. The molecule has 170 valence electrons. The monoisotopic (exact) mass is 456 g/mol. The molecule has 0 spiro atoms. The highest BCUT2D eigenvalue weighted by Crippen LogP contribution is 2.24. The van der Waals surface area contributed by atoms with Gasteiger partial charge < -0.3 is 14.2 Å². The van der Waals surface area contributed by atoms with Crippen molar-refractivity contribution in [3.63, 3.8) is 0 Å². The largest absolute Gasteiger partial charge is 0.449 e. The molecular formula is C22H28N6O3S. The molecule has 32 heavy (non-hydrogen) atoms. The van der Waals surface area contributed by atoms with Crippen LogP contribution in [0.15, 0.2) is 52.0 Å². The number of nitrogens with zero attached hydrogens (tertiary/aromatic N) is 6. The molecular weight excluding hydrogens is 428 g/mol. The maximum Gasteiger partial charge on any atom is 0.243 e. The molecule has 3 heterocycles. The molecule has 0 amide bonds. The summed E-state index contributed by atoms with van der Waals surface area (Å²) in [7, 11) is -3.57. The van der Waals surface area contributed by atoms with Gasteiger partial charge >= 0.3 is 0 Å². The molecule has 9 nitrogen and oxygen atoms in total. The third-order valence-electron chi connectivity index (χ3n) is 5.69. The number of hydrogen-bond acceptors (Lipinski definition) is 8. The zero-order valence-corrected chi connectivity index (χ0v) is 19.4. The van der Waals surface area contributed by atoms with Crippen LogP contribution >= 0.6 is 0 Å². The molecule has 3 aromatic rings. The van der Waals surface area contributed by atoms with Gasteiger partial charge in [-0.25, -0.2) is 13.4 Å². The second-order valence-electron chi connectivity index (χ2n) is 7.59. The Labute approximate surface area is 188 Å². The highest BCUT2D eigenvalue weighted by Gasteiger charge is 2.29. The number of rotatable bonds is 7. The van der Waals surface area contributed by atoms with E-state index >= 15 is 0 Å². The lowest BCUT2D eigenvalue weighted by Crippen LogP contribution is -2.49. The highest BCUT2D eigenvalue weighted by atomic mass is 32.2. The van der Waals surface area contributed by atoms with Gasteiger partial charge in [-0.1, -0.05) is 12.1 Å². The lowest BCUT2D eigenvalue weighted by atomic mass is 10.2. The first-order valence-electron chi connectivity index (χ1n) is 10.8. The van der Waals surface area contributed by atoms with Gasteiger partial charge in [0.1, 0.15) is 12.0 Å². The molecule has 0 saturated carbocycles. The first kappa shape index (κ1) is 22.2. The van der Waals surface area contributed by atoms with Crippen molar-refractivity contribution in [3.05, 3.63) is 48.6 Å². The van der Waals surface area contributed by atoms with Gasteiger partial charge in [-0.2, -0.15) is 4.31 Å². The summed E-state index contributed by atoms with van der Waals surface area (Å²) in [6.07, 6.45) is 1.56. The normalized spacial score (nSPS) is 15.2. The van der Waals surface area contributed by atoms with Crippen LogP contribution in [0.1, 0.15) is 19.7 Å². The van der Waals surface area contributed by atoms with E-state index < -0.39 is 10.0 Å². The van der Waals surface area contributed by atoms with Gasteiger partial charge in [0.15, 0.2) is 17.5 Å². The Morgan fingerprint density at radius 2 is 1.66 bits per heavy atom. The standard InChI is InChI=1S/C22H28N6O3S/c1-4-26(5-2)21-10-11-22(25-24-21)27-12-14-28(15-13-27)32(29,30)19-8-6-18(7-9-19)20-16-31-17(3)23-20/h6-11,16H,4-5,12-15H2,1-3H3. The molecule has 0 N–H and O–H groups in total. The number of anilines is 2. The second kappa shape index (κ2) is 9.25. The molecule has 1 aromatic carbocycles. The lowest BCUT2D eigenvalue weighted by molar-refractivity contribution is 0.383. The quantitative estimate of drug-likeness (QED) is 0.536. The van der Waals surface area contributed by atoms with Gasteiger partial charge in [-0.05, 0) is 38.1 Å². The van der Waals surface area contributed by atoms with Crippen LogP contribution in [-0.4, -0.2) is 67.2 Å². The van der Waals surface area contributed by atoms with Gasteiger partial charge in [0.25, 0.3) is 0 Å². The molecule has 1 fully saturated rings. The van der Waals surface area contributed by atoms with Crippen molar-refractivity contribution in [2.24, 2.45) is 0 Å². The maximum absolute atomic E-state index is 13.1. The average molecular weight is 457 g/mol. The van der Waals surface area contributed by atoms with Crippen LogP contribution in [0.3, 0.4) is 0 Å². The van der Waals surface area contributed by atoms with Crippen LogP contribution < -0.4 is 9.80 Å². The maximum atomic E-state index is 13.1. The number of hydrogen-bond donors (Lipinski definition) is 0. The third-order valence-corrected chi connectivity index (χ3v) is 7.61. The zero-order chi connectivity index (χ0) is 22.7. The van der Waals surface area contributed by atoms with Gasteiger partial charge in [0, 0.05) is 51.8 Å². The first-order chi connectivity index (χ1) is 15.4. The van der Waals surface area contributed by atoms with E-state index in [-0.39, 0.29) is 4.90 Å². The van der Waals surface area contributed by atoms with Crippen molar-refractivity contribution >= 4 is 21.7 Å².